The highest BCUT2D eigenvalue weighted by Crippen LogP contribution is 2.53. The second-order valence-electron chi connectivity index (χ2n) is 10.3. The summed E-state index contributed by atoms with van der Waals surface area (Å²) in [5.41, 5.74) is 1.20. The predicted molar refractivity (Wildman–Crippen MR) is 128 cm³/mol. The van der Waals surface area contributed by atoms with Gasteiger partial charge in [0.25, 0.3) is 0 Å². The lowest BCUT2D eigenvalue weighted by Gasteiger charge is -2.47. The number of esters is 1. The number of rotatable bonds is 4. The highest BCUT2D eigenvalue weighted by molar-refractivity contribution is 5.75. The Morgan fingerprint density at radius 1 is 1.11 bits per heavy atom. The van der Waals surface area contributed by atoms with Crippen molar-refractivity contribution >= 4 is 12.0 Å². The van der Waals surface area contributed by atoms with Crippen LogP contribution in [-0.2, 0) is 15.7 Å². The first-order valence-corrected chi connectivity index (χ1v) is 12.4. The molecule has 5 rings (SSSR count). The first-order valence-electron chi connectivity index (χ1n) is 12.4. The molecule has 3 fully saturated rings. The van der Waals surface area contributed by atoms with Crippen molar-refractivity contribution in [2.75, 3.05) is 7.05 Å². The van der Waals surface area contributed by atoms with Crippen LogP contribution in [0.1, 0.15) is 43.9 Å². The molecule has 186 valence electrons. The number of cyclic esters (lactones) is 1. The maximum atomic E-state index is 13.1. The van der Waals surface area contributed by atoms with Crippen LogP contribution in [0.4, 0.5) is 13.2 Å². The maximum absolute atomic E-state index is 13.1. The lowest BCUT2D eigenvalue weighted by Crippen LogP contribution is -2.46. The number of benzene rings is 1. The lowest BCUT2D eigenvalue weighted by atomic mass is 9.57. The van der Waals surface area contributed by atoms with Gasteiger partial charge < -0.3 is 10.1 Å². The van der Waals surface area contributed by atoms with Crippen LogP contribution in [0.15, 0.2) is 48.7 Å². The second kappa shape index (κ2) is 9.41. The van der Waals surface area contributed by atoms with Crippen LogP contribution in [0.3, 0.4) is 0 Å². The molecule has 0 radical (unpaired) electrons. The molecule has 7 atom stereocenters. The zero-order valence-corrected chi connectivity index (χ0v) is 20.0. The second-order valence-corrected chi connectivity index (χ2v) is 10.3. The standard InChI is InChI=1S/C28H31F3N2O2/c1-16-26-24(23-10-9-22(32-2)13-19(23)14-25(26)27(34)35-16)11-8-21-7-6-18(15-33-21)17-4-3-5-20(12-17)28(29,30)31/h3-8,11-12,15-16,19,22-26,32H,9-10,13-14H2,1-2H3/b11-8+/t16-,19+,22+,23-,24?,25-,26+/m1/s1. The average Bonchev–Trinajstić information content (AvgIpc) is 3.14. The molecular formula is C28H31F3N2O2. The third-order valence-electron chi connectivity index (χ3n) is 8.36. The molecule has 2 saturated carbocycles. The first kappa shape index (κ1) is 24.0. The Labute approximate surface area is 204 Å². The van der Waals surface area contributed by atoms with Gasteiger partial charge in [0.2, 0.25) is 0 Å². The molecule has 1 aromatic carbocycles. The molecule has 35 heavy (non-hydrogen) atoms. The zero-order chi connectivity index (χ0) is 24.7. The first-order chi connectivity index (χ1) is 16.7. The van der Waals surface area contributed by atoms with Gasteiger partial charge in [-0.05, 0) is 87.2 Å². The largest absolute Gasteiger partial charge is 0.462 e. The van der Waals surface area contributed by atoms with E-state index in [1.165, 1.54) is 6.07 Å². The quantitative estimate of drug-likeness (QED) is 0.543. The summed E-state index contributed by atoms with van der Waals surface area (Å²) < 4.78 is 44.9. The van der Waals surface area contributed by atoms with E-state index in [-0.39, 0.29) is 29.8 Å². The Bertz CT molecular complexity index is 1100. The number of aromatic nitrogens is 1. The number of pyridine rings is 1. The number of halogens is 3. The van der Waals surface area contributed by atoms with Crippen molar-refractivity contribution in [1.29, 1.82) is 0 Å². The summed E-state index contributed by atoms with van der Waals surface area (Å²) in [5, 5.41) is 3.41. The van der Waals surface area contributed by atoms with E-state index in [4.69, 9.17) is 4.74 Å². The molecule has 0 bridgehead atoms. The van der Waals surface area contributed by atoms with Crippen molar-refractivity contribution in [2.24, 2.45) is 29.6 Å². The monoisotopic (exact) mass is 484 g/mol. The smallest absolute Gasteiger partial charge is 0.416 e. The van der Waals surface area contributed by atoms with Gasteiger partial charge in [0, 0.05) is 23.7 Å². The number of allylic oxidation sites excluding steroid dienone is 1. The third-order valence-corrected chi connectivity index (χ3v) is 8.36. The number of fused-ring (bicyclic) bond motifs is 2. The van der Waals surface area contributed by atoms with Gasteiger partial charge in [-0.15, -0.1) is 0 Å². The van der Waals surface area contributed by atoms with Crippen molar-refractivity contribution in [3.63, 3.8) is 0 Å². The van der Waals surface area contributed by atoms with E-state index in [1.807, 2.05) is 26.1 Å². The minimum Gasteiger partial charge on any atom is -0.462 e. The topological polar surface area (TPSA) is 51.2 Å². The molecule has 0 amide bonds. The molecule has 2 aliphatic carbocycles. The number of hydrogen-bond acceptors (Lipinski definition) is 4. The van der Waals surface area contributed by atoms with Gasteiger partial charge in [0.15, 0.2) is 0 Å². The third kappa shape index (κ3) is 4.75. The van der Waals surface area contributed by atoms with Crippen molar-refractivity contribution in [3.8, 4) is 11.1 Å². The molecule has 2 heterocycles. The molecule has 2 aromatic rings. The van der Waals surface area contributed by atoms with E-state index >= 15 is 0 Å². The molecule has 1 aliphatic heterocycles. The minimum atomic E-state index is -4.38. The number of ether oxygens (including phenoxy) is 1. The number of nitrogens with zero attached hydrogens (tertiary/aromatic N) is 1. The average molecular weight is 485 g/mol. The van der Waals surface area contributed by atoms with Gasteiger partial charge >= 0.3 is 12.1 Å². The Hall–Kier alpha value is -2.67. The van der Waals surface area contributed by atoms with E-state index < -0.39 is 11.7 Å². The van der Waals surface area contributed by atoms with E-state index in [0.717, 1.165) is 43.5 Å². The molecule has 1 unspecified atom stereocenters. The number of hydrogen-bond donors (Lipinski definition) is 1. The molecule has 0 spiro atoms. The van der Waals surface area contributed by atoms with Gasteiger partial charge in [-0.3, -0.25) is 9.78 Å². The van der Waals surface area contributed by atoms with Crippen LogP contribution in [0.5, 0.6) is 0 Å². The van der Waals surface area contributed by atoms with Gasteiger partial charge in [0.05, 0.1) is 17.2 Å². The Morgan fingerprint density at radius 2 is 1.94 bits per heavy atom. The normalized spacial score (nSPS) is 32.8. The van der Waals surface area contributed by atoms with E-state index in [2.05, 4.69) is 16.4 Å². The van der Waals surface area contributed by atoms with Crippen LogP contribution in [-0.4, -0.2) is 30.1 Å². The fourth-order valence-electron chi connectivity index (χ4n) is 6.64. The van der Waals surface area contributed by atoms with E-state index in [9.17, 15) is 18.0 Å². The number of carbonyl (C=O) groups excluding carboxylic acids is 1. The Kier molecular flexibility index (Phi) is 6.47. The minimum absolute atomic E-state index is 0.0484. The van der Waals surface area contributed by atoms with Crippen molar-refractivity contribution < 1.29 is 22.7 Å². The van der Waals surface area contributed by atoms with Gasteiger partial charge in [0.1, 0.15) is 6.10 Å². The summed E-state index contributed by atoms with van der Waals surface area (Å²) in [7, 11) is 2.01. The van der Waals surface area contributed by atoms with E-state index in [1.54, 1.807) is 18.3 Å². The summed E-state index contributed by atoms with van der Waals surface area (Å²) in [5.74, 6) is 1.31. The van der Waals surface area contributed by atoms with Crippen LogP contribution in [0.2, 0.25) is 0 Å². The molecule has 1 N–H and O–H groups in total. The van der Waals surface area contributed by atoms with Crippen LogP contribution in [0.25, 0.3) is 17.2 Å². The lowest BCUT2D eigenvalue weighted by molar-refractivity contribution is -0.144. The number of alkyl halides is 3. The van der Waals surface area contributed by atoms with Crippen LogP contribution in [0, 0.1) is 29.6 Å². The maximum Gasteiger partial charge on any atom is 0.416 e. The van der Waals surface area contributed by atoms with Crippen molar-refractivity contribution in [3.05, 3.63) is 59.9 Å². The molecule has 1 saturated heterocycles. The summed E-state index contributed by atoms with van der Waals surface area (Å²) in [6.07, 6.45) is 5.59. The van der Waals surface area contributed by atoms with Crippen LogP contribution >= 0.6 is 0 Å². The SMILES string of the molecule is CN[C@H]1CC[C@H]2C(/C=C/c3ccc(-c4cccc(C(F)(F)F)c4)cn3)[C@@H]3[C@@H](C)OC(=O)[C@@H]3C[C@@H]2C1. The van der Waals surface area contributed by atoms with Crippen LogP contribution < -0.4 is 5.32 Å². The summed E-state index contributed by atoms with van der Waals surface area (Å²) >= 11 is 0. The number of nitrogens with one attached hydrogen (secondary N) is 1. The van der Waals surface area contributed by atoms with Crippen molar-refractivity contribution in [1.82, 2.24) is 10.3 Å². The van der Waals surface area contributed by atoms with Crippen molar-refractivity contribution in [2.45, 2.75) is 50.9 Å². The molecule has 3 aliphatic rings. The van der Waals surface area contributed by atoms with E-state index in [0.29, 0.717) is 29.0 Å². The number of carbonyl (C=O) groups is 1. The predicted octanol–water partition coefficient (Wildman–Crippen LogP) is 5.98. The Balaban J connectivity index is 1.37. The summed E-state index contributed by atoms with van der Waals surface area (Å²) in [6.45, 7) is 2.01. The highest BCUT2D eigenvalue weighted by Gasteiger charge is 2.54. The van der Waals surface area contributed by atoms with Gasteiger partial charge in [-0.25, -0.2) is 0 Å². The Morgan fingerprint density at radius 3 is 2.66 bits per heavy atom. The molecular weight excluding hydrogens is 453 g/mol. The summed E-state index contributed by atoms with van der Waals surface area (Å²) in [4.78, 5) is 17.1. The molecule has 7 heteroatoms. The molecule has 1 aromatic heterocycles. The van der Waals surface area contributed by atoms with Gasteiger partial charge in [-0.1, -0.05) is 24.3 Å². The van der Waals surface area contributed by atoms with Gasteiger partial charge in [-0.2, -0.15) is 13.2 Å². The zero-order valence-electron chi connectivity index (χ0n) is 20.0. The molecule has 4 nitrogen and oxygen atoms in total. The summed E-state index contributed by atoms with van der Waals surface area (Å²) in [6, 6.07) is 9.42. The highest BCUT2D eigenvalue weighted by atomic mass is 19.4. The fourth-order valence-corrected chi connectivity index (χ4v) is 6.64. The fraction of sp³-hybridized carbons (Fsp3) is 0.500.